The first kappa shape index (κ1) is 29.6. The quantitative estimate of drug-likeness (QED) is 0.112. The molecule has 0 rings (SSSR count). The summed E-state index contributed by atoms with van der Waals surface area (Å²) in [6, 6.07) is 0. The molecule has 0 radical (unpaired) electrons. The molecule has 2 unspecified atom stereocenters. The zero-order chi connectivity index (χ0) is 22.5. The maximum Gasteiger partial charge on any atom is 0.305 e. The van der Waals surface area contributed by atoms with Crippen molar-refractivity contribution in [3.63, 3.8) is 0 Å². The Morgan fingerprint density at radius 2 is 1.34 bits per heavy atom. The zero-order valence-corrected chi connectivity index (χ0v) is 19.8. The van der Waals surface area contributed by atoms with Crippen molar-refractivity contribution in [3.05, 3.63) is 24.3 Å². The topological polar surface area (TPSA) is 52.6 Å². The predicted molar refractivity (Wildman–Crippen MR) is 123 cm³/mol. The van der Waals surface area contributed by atoms with Gasteiger partial charge >= 0.3 is 5.97 Å². The van der Waals surface area contributed by atoms with Crippen molar-refractivity contribution in [2.75, 3.05) is 13.2 Å². The fraction of sp³-hybridized carbons (Fsp3) is 0.760. The molecule has 0 spiro atoms. The average molecular weight is 411 g/mol. The highest BCUT2D eigenvalue weighted by Gasteiger charge is 2.05. The van der Waals surface area contributed by atoms with Crippen LogP contribution >= 0.6 is 0 Å². The largest absolute Gasteiger partial charge is 0.468 e. The van der Waals surface area contributed by atoms with Gasteiger partial charge in [0, 0.05) is 6.42 Å². The van der Waals surface area contributed by atoms with Crippen LogP contribution in [0.15, 0.2) is 24.3 Å². The van der Waals surface area contributed by atoms with Crippen LogP contribution in [-0.4, -0.2) is 25.7 Å². The standard InChI is InChI=1S/C14H26O2.C11H20O2/c1-5-7-14(15)16-11-10-13(4)9-6-8-12(2)3;1-10(2)5-4-6-11(3)7-8-13-9-12/h13H,2,5-11H2,1,3-4H3;9,11H,1,4-8H2,2-3H3. The van der Waals surface area contributed by atoms with Gasteiger partial charge in [-0.2, -0.15) is 0 Å². The number of carbonyl (C=O) groups is 2. The van der Waals surface area contributed by atoms with Crippen LogP contribution in [0.25, 0.3) is 0 Å². The van der Waals surface area contributed by atoms with Gasteiger partial charge in [-0.25, -0.2) is 0 Å². The molecule has 0 bridgehead atoms. The van der Waals surface area contributed by atoms with Crippen molar-refractivity contribution >= 4 is 12.4 Å². The van der Waals surface area contributed by atoms with E-state index in [9.17, 15) is 9.59 Å². The van der Waals surface area contributed by atoms with Gasteiger partial charge in [0.2, 0.25) is 0 Å². The summed E-state index contributed by atoms with van der Waals surface area (Å²) in [4.78, 5) is 20.9. The van der Waals surface area contributed by atoms with Crippen LogP contribution in [0, 0.1) is 11.8 Å². The van der Waals surface area contributed by atoms with E-state index in [-0.39, 0.29) is 5.97 Å². The van der Waals surface area contributed by atoms with Crippen molar-refractivity contribution in [3.8, 4) is 0 Å². The average Bonchev–Trinajstić information content (AvgIpc) is 2.62. The number of hydrogen-bond donors (Lipinski definition) is 0. The van der Waals surface area contributed by atoms with Gasteiger partial charge in [-0.15, -0.1) is 13.2 Å². The molecule has 0 heterocycles. The van der Waals surface area contributed by atoms with E-state index in [1.165, 1.54) is 36.8 Å². The third kappa shape index (κ3) is 26.4. The number of ether oxygens (including phenoxy) is 2. The Bertz CT molecular complexity index is 442. The van der Waals surface area contributed by atoms with E-state index in [0.717, 1.165) is 32.1 Å². The summed E-state index contributed by atoms with van der Waals surface area (Å²) in [5.74, 6) is 1.21. The van der Waals surface area contributed by atoms with Gasteiger partial charge in [-0.1, -0.05) is 44.8 Å². The molecule has 0 aliphatic carbocycles. The Hall–Kier alpha value is -1.58. The van der Waals surface area contributed by atoms with E-state index in [1.54, 1.807) is 0 Å². The zero-order valence-electron chi connectivity index (χ0n) is 19.8. The van der Waals surface area contributed by atoms with Crippen LogP contribution in [0.5, 0.6) is 0 Å². The minimum atomic E-state index is -0.0587. The fourth-order valence-electron chi connectivity index (χ4n) is 2.76. The molecule has 0 amide bonds. The summed E-state index contributed by atoms with van der Waals surface area (Å²) in [5.41, 5.74) is 2.50. The van der Waals surface area contributed by atoms with E-state index in [4.69, 9.17) is 4.74 Å². The van der Waals surface area contributed by atoms with Crippen LogP contribution in [0.2, 0.25) is 0 Å². The minimum Gasteiger partial charge on any atom is -0.468 e. The summed E-state index contributed by atoms with van der Waals surface area (Å²) < 4.78 is 9.76. The Labute approximate surface area is 180 Å². The summed E-state index contributed by atoms with van der Waals surface area (Å²) in [6.45, 7) is 19.9. The third-order valence-electron chi connectivity index (χ3n) is 4.73. The predicted octanol–water partition coefficient (Wildman–Crippen LogP) is 7.03. The molecule has 0 fully saturated rings. The Morgan fingerprint density at radius 3 is 1.76 bits per heavy atom. The maximum absolute atomic E-state index is 11.1. The fourth-order valence-corrected chi connectivity index (χ4v) is 2.76. The van der Waals surface area contributed by atoms with E-state index >= 15 is 0 Å². The van der Waals surface area contributed by atoms with Gasteiger partial charge in [-0.3, -0.25) is 9.59 Å². The molecule has 4 heteroatoms. The van der Waals surface area contributed by atoms with Gasteiger partial charge in [-0.05, 0) is 70.6 Å². The first-order valence-electron chi connectivity index (χ1n) is 11.2. The highest BCUT2D eigenvalue weighted by Crippen LogP contribution is 2.15. The summed E-state index contributed by atoms with van der Waals surface area (Å²) >= 11 is 0. The lowest BCUT2D eigenvalue weighted by Gasteiger charge is -2.11. The number of allylic oxidation sites excluding steroid dienone is 2. The highest BCUT2D eigenvalue weighted by molar-refractivity contribution is 5.69. The van der Waals surface area contributed by atoms with Crippen LogP contribution in [0.1, 0.15) is 98.8 Å². The molecule has 0 N–H and O–H groups in total. The number of hydrogen-bond acceptors (Lipinski definition) is 4. The molecular weight excluding hydrogens is 364 g/mol. The maximum atomic E-state index is 11.1. The van der Waals surface area contributed by atoms with Gasteiger partial charge in [0.15, 0.2) is 0 Å². The summed E-state index contributed by atoms with van der Waals surface area (Å²) in [6.07, 6.45) is 10.3. The second-order valence-electron chi connectivity index (χ2n) is 8.42. The molecule has 0 saturated carbocycles. The van der Waals surface area contributed by atoms with Crippen LogP contribution in [-0.2, 0) is 19.1 Å². The van der Waals surface area contributed by atoms with Crippen LogP contribution < -0.4 is 0 Å². The monoisotopic (exact) mass is 410 g/mol. The molecule has 2 atom stereocenters. The van der Waals surface area contributed by atoms with Crippen molar-refractivity contribution in [2.24, 2.45) is 11.8 Å². The third-order valence-corrected chi connectivity index (χ3v) is 4.73. The lowest BCUT2D eigenvalue weighted by Crippen LogP contribution is -2.08. The van der Waals surface area contributed by atoms with E-state index < -0.39 is 0 Å². The molecule has 29 heavy (non-hydrogen) atoms. The Kier molecular flexibility index (Phi) is 21.6. The smallest absolute Gasteiger partial charge is 0.305 e. The SMILES string of the molecule is C=C(C)CCCC(C)CCOC(=O)CCC.C=C(C)CCCC(C)CCOC=O. The number of rotatable bonds is 17. The normalized spacial score (nSPS) is 12.2. The van der Waals surface area contributed by atoms with E-state index in [1.807, 2.05) is 6.92 Å². The Balaban J connectivity index is 0. The summed E-state index contributed by atoms with van der Waals surface area (Å²) in [7, 11) is 0. The molecular formula is C25H46O4. The van der Waals surface area contributed by atoms with Crippen LogP contribution in [0.4, 0.5) is 0 Å². The molecule has 0 aromatic rings. The van der Waals surface area contributed by atoms with E-state index in [2.05, 4.69) is 45.6 Å². The van der Waals surface area contributed by atoms with Crippen molar-refractivity contribution in [2.45, 2.75) is 98.8 Å². The first-order valence-corrected chi connectivity index (χ1v) is 11.2. The molecule has 4 nitrogen and oxygen atoms in total. The number of esters is 1. The second kappa shape index (κ2) is 21.1. The lowest BCUT2D eigenvalue weighted by atomic mass is 9.99. The van der Waals surface area contributed by atoms with Gasteiger partial charge < -0.3 is 9.47 Å². The van der Waals surface area contributed by atoms with Gasteiger partial charge in [0.25, 0.3) is 6.47 Å². The lowest BCUT2D eigenvalue weighted by molar-refractivity contribution is -0.144. The summed E-state index contributed by atoms with van der Waals surface area (Å²) in [5, 5.41) is 0. The van der Waals surface area contributed by atoms with Crippen molar-refractivity contribution in [1.82, 2.24) is 0 Å². The number of carbonyl (C=O) groups excluding carboxylic acids is 2. The molecule has 0 aromatic heterocycles. The molecule has 0 aliphatic rings. The van der Waals surface area contributed by atoms with E-state index in [0.29, 0.717) is 37.9 Å². The van der Waals surface area contributed by atoms with Gasteiger partial charge in [0.05, 0.1) is 13.2 Å². The minimum absolute atomic E-state index is 0.0587. The second-order valence-corrected chi connectivity index (χ2v) is 8.42. The highest BCUT2D eigenvalue weighted by atomic mass is 16.5. The molecule has 0 aromatic carbocycles. The van der Waals surface area contributed by atoms with Crippen molar-refractivity contribution < 1.29 is 19.1 Å². The molecule has 0 aliphatic heterocycles. The molecule has 0 saturated heterocycles. The Morgan fingerprint density at radius 1 is 0.862 bits per heavy atom. The first-order chi connectivity index (χ1) is 13.7. The van der Waals surface area contributed by atoms with Crippen LogP contribution in [0.3, 0.4) is 0 Å². The van der Waals surface area contributed by atoms with Crippen molar-refractivity contribution in [1.29, 1.82) is 0 Å². The van der Waals surface area contributed by atoms with Gasteiger partial charge in [0.1, 0.15) is 0 Å². The molecule has 170 valence electrons.